The normalized spacial score (nSPS) is 25.2. The van der Waals surface area contributed by atoms with E-state index in [1.807, 2.05) is 13.0 Å². The molecule has 0 spiro atoms. The topological polar surface area (TPSA) is 37.3 Å². The molecule has 2 nitrogen and oxygen atoms in total. The molecule has 16 heavy (non-hydrogen) atoms. The average Bonchev–Trinajstić information content (AvgIpc) is 2.56. The van der Waals surface area contributed by atoms with Gasteiger partial charge in [-0.15, -0.1) is 0 Å². The Bertz CT molecular complexity index is 423. The predicted molar refractivity (Wildman–Crippen MR) is 63.8 cm³/mol. The molecule has 0 radical (unpaired) electrons. The molecule has 2 rings (SSSR count). The number of aliphatic carboxylic acids is 1. The van der Waals surface area contributed by atoms with Gasteiger partial charge in [-0.05, 0) is 41.9 Å². The fraction of sp³-hybridized carbons (Fsp3) is 0.500. The zero-order valence-corrected chi connectivity index (χ0v) is 10.0. The molecule has 1 aliphatic carbocycles. The van der Waals surface area contributed by atoms with Gasteiger partial charge < -0.3 is 5.11 Å². The third kappa shape index (κ3) is 1.62. The SMILES string of the molecule is Cc1cccc2c1C(C)CC2C(C)C(=O)O. The minimum absolute atomic E-state index is 0.183. The van der Waals surface area contributed by atoms with E-state index in [0.717, 1.165) is 6.42 Å². The standard InChI is InChI=1S/C14H18O2/c1-8-5-4-6-11-12(10(3)14(15)16)7-9(2)13(8)11/h4-6,9-10,12H,7H2,1-3H3,(H,15,16). The van der Waals surface area contributed by atoms with Crippen LogP contribution in [0.4, 0.5) is 0 Å². The van der Waals surface area contributed by atoms with Gasteiger partial charge in [-0.1, -0.05) is 32.0 Å². The summed E-state index contributed by atoms with van der Waals surface area (Å²) < 4.78 is 0. The van der Waals surface area contributed by atoms with E-state index >= 15 is 0 Å². The number of carbonyl (C=O) groups is 1. The molecule has 0 amide bonds. The molecule has 3 atom stereocenters. The van der Waals surface area contributed by atoms with Gasteiger partial charge in [-0.3, -0.25) is 4.79 Å². The van der Waals surface area contributed by atoms with Crippen molar-refractivity contribution in [1.82, 2.24) is 0 Å². The summed E-state index contributed by atoms with van der Waals surface area (Å²) in [4.78, 5) is 11.1. The molecule has 3 unspecified atom stereocenters. The molecule has 1 N–H and O–H groups in total. The second kappa shape index (κ2) is 3.93. The van der Waals surface area contributed by atoms with E-state index in [-0.39, 0.29) is 11.8 Å². The Kier molecular flexibility index (Phi) is 2.75. The third-order valence-electron chi connectivity index (χ3n) is 3.85. The van der Waals surface area contributed by atoms with Gasteiger partial charge in [0, 0.05) is 0 Å². The first-order chi connectivity index (χ1) is 7.52. The number of aryl methyl sites for hydroxylation is 1. The molecule has 0 saturated carbocycles. The first kappa shape index (κ1) is 11.2. The number of carboxylic acid groups (broad SMARTS) is 1. The van der Waals surface area contributed by atoms with Crippen LogP contribution < -0.4 is 0 Å². The second-order valence-electron chi connectivity index (χ2n) is 4.95. The monoisotopic (exact) mass is 218 g/mol. The van der Waals surface area contributed by atoms with Crippen molar-refractivity contribution >= 4 is 5.97 Å². The van der Waals surface area contributed by atoms with Gasteiger partial charge in [0.05, 0.1) is 5.92 Å². The third-order valence-corrected chi connectivity index (χ3v) is 3.85. The molecular formula is C14H18O2. The zero-order chi connectivity index (χ0) is 11.9. The van der Waals surface area contributed by atoms with E-state index in [2.05, 4.69) is 26.0 Å². The Labute approximate surface area is 96.3 Å². The fourth-order valence-corrected chi connectivity index (χ4v) is 2.97. The van der Waals surface area contributed by atoms with Crippen molar-refractivity contribution < 1.29 is 9.90 Å². The summed E-state index contributed by atoms with van der Waals surface area (Å²) in [5.74, 6) is -0.303. The Morgan fingerprint density at radius 3 is 2.81 bits per heavy atom. The maximum atomic E-state index is 11.1. The fourth-order valence-electron chi connectivity index (χ4n) is 2.97. The highest BCUT2D eigenvalue weighted by atomic mass is 16.4. The van der Waals surface area contributed by atoms with Crippen molar-refractivity contribution in [3.8, 4) is 0 Å². The van der Waals surface area contributed by atoms with Crippen LogP contribution in [0.3, 0.4) is 0 Å². The number of carboxylic acids is 1. The summed E-state index contributed by atoms with van der Waals surface area (Å²) in [5, 5.41) is 9.12. The Morgan fingerprint density at radius 2 is 2.19 bits per heavy atom. The van der Waals surface area contributed by atoms with E-state index in [9.17, 15) is 4.79 Å². The van der Waals surface area contributed by atoms with Crippen LogP contribution in [0.2, 0.25) is 0 Å². The van der Waals surface area contributed by atoms with Crippen molar-refractivity contribution in [1.29, 1.82) is 0 Å². The van der Waals surface area contributed by atoms with Crippen LogP contribution in [0, 0.1) is 12.8 Å². The van der Waals surface area contributed by atoms with E-state index in [1.165, 1.54) is 16.7 Å². The molecule has 0 saturated heterocycles. The molecule has 1 aromatic rings. The number of hydrogen-bond donors (Lipinski definition) is 1. The smallest absolute Gasteiger partial charge is 0.306 e. The van der Waals surface area contributed by atoms with E-state index in [1.54, 1.807) is 0 Å². The van der Waals surface area contributed by atoms with Crippen LogP contribution in [0.5, 0.6) is 0 Å². The van der Waals surface area contributed by atoms with Crippen molar-refractivity contribution in [2.75, 3.05) is 0 Å². The number of benzene rings is 1. The molecule has 1 aliphatic rings. The lowest BCUT2D eigenvalue weighted by Gasteiger charge is -2.16. The highest BCUT2D eigenvalue weighted by Gasteiger charge is 2.35. The van der Waals surface area contributed by atoms with Gasteiger partial charge in [0.25, 0.3) is 0 Å². The highest BCUT2D eigenvalue weighted by Crippen LogP contribution is 2.46. The van der Waals surface area contributed by atoms with E-state index < -0.39 is 5.97 Å². The lowest BCUT2D eigenvalue weighted by molar-refractivity contribution is -0.141. The Balaban J connectivity index is 2.44. The molecule has 0 aliphatic heterocycles. The molecule has 0 aromatic heterocycles. The summed E-state index contributed by atoms with van der Waals surface area (Å²) in [7, 11) is 0. The van der Waals surface area contributed by atoms with Gasteiger partial charge in [0.15, 0.2) is 0 Å². The molecule has 86 valence electrons. The van der Waals surface area contributed by atoms with Gasteiger partial charge in [0.2, 0.25) is 0 Å². The van der Waals surface area contributed by atoms with Gasteiger partial charge in [0.1, 0.15) is 0 Å². The number of hydrogen-bond acceptors (Lipinski definition) is 1. The molecular weight excluding hydrogens is 200 g/mol. The number of fused-ring (bicyclic) bond motifs is 1. The van der Waals surface area contributed by atoms with Crippen molar-refractivity contribution in [2.45, 2.75) is 39.0 Å². The summed E-state index contributed by atoms with van der Waals surface area (Å²) in [6.07, 6.45) is 0.966. The van der Waals surface area contributed by atoms with E-state index in [0.29, 0.717) is 5.92 Å². The van der Waals surface area contributed by atoms with Crippen molar-refractivity contribution in [3.63, 3.8) is 0 Å². The summed E-state index contributed by atoms with van der Waals surface area (Å²) in [5.41, 5.74) is 3.92. The van der Waals surface area contributed by atoms with Gasteiger partial charge in [-0.25, -0.2) is 0 Å². The Hall–Kier alpha value is -1.31. The van der Waals surface area contributed by atoms with Gasteiger partial charge in [-0.2, -0.15) is 0 Å². The second-order valence-corrected chi connectivity index (χ2v) is 4.95. The molecule has 2 heteroatoms. The average molecular weight is 218 g/mol. The van der Waals surface area contributed by atoms with Gasteiger partial charge >= 0.3 is 5.97 Å². The van der Waals surface area contributed by atoms with Crippen LogP contribution in [0.15, 0.2) is 18.2 Å². The largest absolute Gasteiger partial charge is 0.481 e. The highest BCUT2D eigenvalue weighted by molar-refractivity contribution is 5.71. The van der Waals surface area contributed by atoms with Crippen LogP contribution >= 0.6 is 0 Å². The zero-order valence-electron chi connectivity index (χ0n) is 10.0. The number of rotatable bonds is 2. The van der Waals surface area contributed by atoms with Crippen molar-refractivity contribution in [3.05, 3.63) is 34.9 Å². The minimum atomic E-state index is -0.688. The van der Waals surface area contributed by atoms with Crippen LogP contribution in [0.25, 0.3) is 0 Å². The van der Waals surface area contributed by atoms with Crippen LogP contribution in [0.1, 0.15) is 48.8 Å². The van der Waals surface area contributed by atoms with Crippen molar-refractivity contribution in [2.24, 2.45) is 5.92 Å². The predicted octanol–water partition coefficient (Wildman–Crippen LogP) is 3.31. The molecule has 0 heterocycles. The molecule has 0 fully saturated rings. The lowest BCUT2D eigenvalue weighted by Crippen LogP contribution is -2.17. The summed E-state index contributed by atoms with van der Waals surface area (Å²) in [6, 6.07) is 6.24. The lowest BCUT2D eigenvalue weighted by atomic mass is 9.88. The summed E-state index contributed by atoms with van der Waals surface area (Å²) >= 11 is 0. The first-order valence-electron chi connectivity index (χ1n) is 5.84. The van der Waals surface area contributed by atoms with Crippen LogP contribution in [-0.4, -0.2) is 11.1 Å². The van der Waals surface area contributed by atoms with Crippen LogP contribution in [-0.2, 0) is 4.79 Å². The first-order valence-corrected chi connectivity index (χ1v) is 5.84. The van der Waals surface area contributed by atoms with E-state index in [4.69, 9.17) is 5.11 Å². The summed E-state index contributed by atoms with van der Waals surface area (Å²) in [6.45, 7) is 6.13. The minimum Gasteiger partial charge on any atom is -0.481 e. The maximum Gasteiger partial charge on any atom is 0.306 e. The molecule has 0 bridgehead atoms. The Morgan fingerprint density at radius 1 is 1.50 bits per heavy atom. The quantitative estimate of drug-likeness (QED) is 0.826. The molecule has 1 aromatic carbocycles. The maximum absolute atomic E-state index is 11.1.